The average Bonchev–Trinajstić information content (AvgIpc) is 3.49. The summed E-state index contributed by atoms with van der Waals surface area (Å²) in [5.74, 6) is -0.0166. The van der Waals surface area contributed by atoms with Crippen molar-refractivity contribution in [1.29, 1.82) is 0 Å². The Morgan fingerprint density at radius 2 is 2.08 bits per heavy atom. The van der Waals surface area contributed by atoms with Gasteiger partial charge in [-0.1, -0.05) is 13.5 Å². The van der Waals surface area contributed by atoms with Gasteiger partial charge in [-0.15, -0.1) is 11.3 Å². The number of aliphatic hydroxyl groups excluding tert-OH is 1. The monoisotopic (exact) mass is 510 g/mol. The molecular formula is C25H30N6O4S. The highest BCUT2D eigenvalue weighted by molar-refractivity contribution is 7.14. The van der Waals surface area contributed by atoms with Gasteiger partial charge in [0, 0.05) is 42.8 Å². The number of fused-ring (bicyclic) bond motifs is 1. The Morgan fingerprint density at radius 3 is 2.86 bits per heavy atom. The van der Waals surface area contributed by atoms with Crippen molar-refractivity contribution >= 4 is 39.7 Å². The average molecular weight is 511 g/mol. The van der Waals surface area contributed by atoms with Crippen LogP contribution in [0.15, 0.2) is 35.8 Å². The number of thiazole rings is 1. The minimum atomic E-state index is -0.349. The van der Waals surface area contributed by atoms with Crippen molar-refractivity contribution in [2.45, 2.75) is 20.9 Å². The second-order valence-electron chi connectivity index (χ2n) is 8.33. The van der Waals surface area contributed by atoms with Crippen LogP contribution in [0.5, 0.6) is 5.75 Å². The summed E-state index contributed by atoms with van der Waals surface area (Å²) in [4.78, 5) is 38.7. The minimum Gasteiger partial charge on any atom is -0.491 e. The number of amides is 2. The molecule has 2 aromatic heterocycles. The van der Waals surface area contributed by atoms with Crippen molar-refractivity contribution < 1.29 is 19.4 Å². The normalized spacial score (nSPS) is 14.9. The summed E-state index contributed by atoms with van der Waals surface area (Å²) in [5, 5.41) is 17.3. The molecule has 1 aromatic carbocycles. The molecule has 2 aliphatic rings. The number of nitrogens with zero attached hydrogens (tertiary/aromatic N) is 4. The summed E-state index contributed by atoms with van der Waals surface area (Å²) in [6, 6.07) is 7.27. The van der Waals surface area contributed by atoms with E-state index >= 15 is 0 Å². The fourth-order valence-electron chi connectivity index (χ4n) is 4.18. The van der Waals surface area contributed by atoms with Crippen molar-refractivity contribution in [3.05, 3.63) is 58.4 Å². The molecule has 3 N–H and O–H groups in total. The first-order valence-electron chi connectivity index (χ1n) is 11.4. The van der Waals surface area contributed by atoms with Crippen LogP contribution >= 0.6 is 11.3 Å². The van der Waals surface area contributed by atoms with Crippen LogP contribution in [0.1, 0.15) is 39.5 Å². The van der Waals surface area contributed by atoms with Gasteiger partial charge in [0.15, 0.2) is 5.13 Å². The molecular weight excluding hydrogens is 480 g/mol. The molecule has 0 bridgehead atoms. The third-order valence-corrected chi connectivity index (χ3v) is 6.79. The second kappa shape index (κ2) is 11.0. The van der Waals surface area contributed by atoms with Crippen LogP contribution < -0.4 is 25.2 Å². The van der Waals surface area contributed by atoms with Gasteiger partial charge in [-0.2, -0.15) is 0 Å². The SMILES string of the molecule is C.Cc1cc(N2CCNCC2)c(NC(=O)c2csc(N3Cc4ccc(OCCO)cc4C3=O)n2)cn1. The number of aryl methyl sites for hydroxylation is 1. The predicted octanol–water partition coefficient (Wildman–Crippen LogP) is 2.68. The number of rotatable bonds is 7. The Morgan fingerprint density at radius 1 is 1.28 bits per heavy atom. The van der Waals surface area contributed by atoms with Crippen LogP contribution in [-0.2, 0) is 6.54 Å². The van der Waals surface area contributed by atoms with Crippen LogP contribution in [0.4, 0.5) is 16.5 Å². The smallest absolute Gasteiger partial charge is 0.275 e. The number of aliphatic hydroxyl groups is 1. The first-order valence-corrected chi connectivity index (χ1v) is 12.3. The topological polar surface area (TPSA) is 120 Å². The van der Waals surface area contributed by atoms with Crippen LogP contribution in [0.25, 0.3) is 0 Å². The van der Waals surface area contributed by atoms with E-state index < -0.39 is 0 Å². The molecule has 11 heteroatoms. The molecule has 0 spiro atoms. The lowest BCUT2D eigenvalue weighted by molar-refractivity contribution is 0.0991. The minimum absolute atomic E-state index is 0. The molecule has 0 saturated carbocycles. The summed E-state index contributed by atoms with van der Waals surface area (Å²) < 4.78 is 5.42. The molecule has 4 heterocycles. The maximum atomic E-state index is 13.0. The molecule has 10 nitrogen and oxygen atoms in total. The molecule has 0 unspecified atom stereocenters. The van der Waals surface area contributed by atoms with E-state index in [1.165, 1.54) is 11.3 Å². The number of anilines is 3. The highest BCUT2D eigenvalue weighted by atomic mass is 32.1. The number of carbonyl (C=O) groups excluding carboxylic acids is 2. The zero-order valence-corrected chi connectivity index (χ0v) is 20.1. The number of nitrogens with one attached hydrogen (secondary N) is 2. The van der Waals surface area contributed by atoms with Gasteiger partial charge in [-0.3, -0.25) is 19.5 Å². The molecule has 2 amide bonds. The van der Waals surface area contributed by atoms with Crippen molar-refractivity contribution in [3.8, 4) is 5.75 Å². The lowest BCUT2D eigenvalue weighted by Crippen LogP contribution is -2.43. The van der Waals surface area contributed by atoms with E-state index in [2.05, 4.69) is 25.5 Å². The number of benzene rings is 1. The number of piperazine rings is 1. The fraction of sp³-hybridized carbons (Fsp3) is 0.360. The van der Waals surface area contributed by atoms with Gasteiger partial charge in [-0.05, 0) is 30.7 Å². The van der Waals surface area contributed by atoms with Gasteiger partial charge < -0.3 is 25.4 Å². The molecule has 3 aromatic rings. The van der Waals surface area contributed by atoms with E-state index in [0.29, 0.717) is 28.7 Å². The van der Waals surface area contributed by atoms with Crippen LogP contribution in [0.3, 0.4) is 0 Å². The zero-order chi connectivity index (χ0) is 24.4. The van der Waals surface area contributed by atoms with Gasteiger partial charge in [0.05, 0.1) is 30.7 Å². The van der Waals surface area contributed by atoms with Crippen molar-refractivity contribution in [3.63, 3.8) is 0 Å². The number of pyridine rings is 1. The van der Waals surface area contributed by atoms with Gasteiger partial charge in [0.1, 0.15) is 18.1 Å². The quantitative estimate of drug-likeness (QED) is 0.444. The molecule has 1 saturated heterocycles. The third kappa shape index (κ3) is 5.18. The number of hydrogen-bond donors (Lipinski definition) is 3. The van der Waals surface area contributed by atoms with Crippen LogP contribution in [0, 0.1) is 6.92 Å². The second-order valence-corrected chi connectivity index (χ2v) is 9.17. The molecule has 0 aliphatic carbocycles. The molecule has 1 fully saturated rings. The molecule has 36 heavy (non-hydrogen) atoms. The molecule has 2 aliphatic heterocycles. The molecule has 190 valence electrons. The van der Waals surface area contributed by atoms with Gasteiger partial charge in [0.2, 0.25) is 0 Å². The molecule has 0 atom stereocenters. The summed E-state index contributed by atoms with van der Waals surface area (Å²) in [6.07, 6.45) is 1.68. The van der Waals surface area contributed by atoms with Crippen molar-refractivity contribution in [2.24, 2.45) is 0 Å². The summed E-state index contributed by atoms with van der Waals surface area (Å²) in [7, 11) is 0. The number of aromatic nitrogens is 2. The fourth-order valence-corrected chi connectivity index (χ4v) is 4.98. The number of hydrogen-bond acceptors (Lipinski definition) is 9. The van der Waals surface area contributed by atoms with Crippen molar-refractivity contribution in [2.75, 3.05) is 54.5 Å². The number of carbonyl (C=O) groups is 2. The van der Waals surface area contributed by atoms with E-state index in [9.17, 15) is 9.59 Å². The summed E-state index contributed by atoms with van der Waals surface area (Å²) >= 11 is 1.25. The molecule has 5 rings (SSSR count). The Bertz CT molecular complexity index is 1260. The standard InChI is InChI=1S/C24H26N6O4S.CH4/c1-15-10-21(29-6-4-25-5-7-29)19(12-26-15)27-22(32)20-14-35-24(28-20)30-13-16-2-3-17(34-9-8-31)11-18(16)23(30)33;/h2-3,10-12,14,25,31H,4-9,13H2,1H3,(H,27,32);1H4. The zero-order valence-electron chi connectivity index (χ0n) is 19.3. The summed E-state index contributed by atoms with van der Waals surface area (Å²) in [6.45, 7) is 5.81. The lowest BCUT2D eigenvalue weighted by atomic mass is 10.1. The van der Waals surface area contributed by atoms with Crippen molar-refractivity contribution in [1.82, 2.24) is 15.3 Å². The number of ether oxygens (including phenoxy) is 1. The largest absolute Gasteiger partial charge is 0.491 e. The Hall–Kier alpha value is -3.54. The Balaban J connectivity index is 0.00000304. The Labute approximate surface area is 213 Å². The van der Waals surface area contributed by atoms with Crippen LogP contribution in [0.2, 0.25) is 0 Å². The summed E-state index contributed by atoms with van der Waals surface area (Å²) in [5.41, 5.74) is 4.09. The van der Waals surface area contributed by atoms with E-state index in [0.717, 1.165) is 43.1 Å². The van der Waals surface area contributed by atoms with Gasteiger partial charge >= 0.3 is 0 Å². The molecule has 0 radical (unpaired) electrons. The lowest BCUT2D eigenvalue weighted by Gasteiger charge is -2.31. The maximum Gasteiger partial charge on any atom is 0.275 e. The van der Waals surface area contributed by atoms with E-state index in [1.807, 2.05) is 19.1 Å². The maximum absolute atomic E-state index is 13.0. The first kappa shape index (κ1) is 25.5. The van der Waals surface area contributed by atoms with Gasteiger partial charge in [0.25, 0.3) is 11.8 Å². The predicted molar refractivity (Wildman–Crippen MR) is 140 cm³/mol. The highest BCUT2D eigenvalue weighted by Crippen LogP contribution is 2.33. The van der Waals surface area contributed by atoms with E-state index in [-0.39, 0.29) is 38.1 Å². The third-order valence-electron chi connectivity index (χ3n) is 5.93. The first-order chi connectivity index (χ1) is 17.0. The van der Waals surface area contributed by atoms with E-state index in [1.54, 1.807) is 28.6 Å². The Kier molecular flexibility index (Phi) is 7.82. The highest BCUT2D eigenvalue weighted by Gasteiger charge is 2.31. The van der Waals surface area contributed by atoms with Crippen LogP contribution in [-0.4, -0.2) is 66.3 Å². The van der Waals surface area contributed by atoms with Gasteiger partial charge in [-0.25, -0.2) is 4.98 Å². The van der Waals surface area contributed by atoms with E-state index in [4.69, 9.17) is 9.84 Å².